The summed E-state index contributed by atoms with van der Waals surface area (Å²) in [4.78, 5) is 0. The molecule has 0 fully saturated rings. The van der Waals surface area contributed by atoms with Crippen LogP contribution >= 0.6 is 0 Å². The molecule has 0 amide bonds. The van der Waals surface area contributed by atoms with Crippen molar-refractivity contribution in [3.05, 3.63) is 12.8 Å². The summed E-state index contributed by atoms with van der Waals surface area (Å²) in [6, 6.07) is 1.79. The smallest absolute Gasteiger partial charge is 0.125 e. The fraction of sp³-hybridized carbons (Fsp3) is 0.333. The monoisotopic (exact) mass is 123 g/mol. The lowest BCUT2D eigenvalue weighted by atomic mass is 10.7. The van der Waals surface area contributed by atoms with Crippen LogP contribution in [-0.4, -0.2) is 17.8 Å². The highest BCUT2D eigenvalue weighted by atomic mass is 15.4. The zero-order chi connectivity index (χ0) is 7.11. The molecule has 0 radical (unpaired) electrons. The van der Waals surface area contributed by atoms with Gasteiger partial charge in [-0.1, -0.05) is 6.58 Å². The van der Waals surface area contributed by atoms with Crippen LogP contribution in [0.1, 0.15) is 6.92 Å². The van der Waals surface area contributed by atoms with E-state index in [1.54, 1.807) is 17.3 Å². The molecule has 3 nitrogen and oxygen atoms in total. The van der Waals surface area contributed by atoms with Crippen molar-refractivity contribution >= 4 is 6.21 Å². The lowest BCUT2D eigenvalue weighted by molar-refractivity contribution is 0.426. The van der Waals surface area contributed by atoms with Crippen molar-refractivity contribution in [2.24, 2.45) is 5.10 Å². The second-order valence-corrected chi connectivity index (χ2v) is 1.31. The predicted molar refractivity (Wildman–Crippen MR) is 36.7 cm³/mol. The Balaban J connectivity index is 3.71. The number of hydrogen-bond donors (Lipinski definition) is 0. The maximum Gasteiger partial charge on any atom is 0.125 e. The van der Waals surface area contributed by atoms with Gasteiger partial charge in [0.15, 0.2) is 0 Å². The van der Waals surface area contributed by atoms with E-state index in [1.807, 2.05) is 6.92 Å². The highest BCUT2D eigenvalue weighted by molar-refractivity contribution is 5.74. The van der Waals surface area contributed by atoms with Crippen LogP contribution < -0.4 is 0 Å². The molecule has 0 N–H and O–H groups in total. The minimum absolute atomic E-state index is 0.738. The Kier molecular flexibility index (Phi) is 4.15. The molecule has 3 heteroatoms. The molecule has 0 rings (SSSR count). The molecule has 0 aromatic heterocycles. The molecule has 0 saturated heterocycles. The molecule has 0 spiro atoms. The minimum Gasteiger partial charge on any atom is -0.273 e. The summed E-state index contributed by atoms with van der Waals surface area (Å²) in [5.74, 6) is 0. The van der Waals surface area contributed by atoms with Crippen molar-refractivity contribution < 1.29 is 0 Å². The van der Waals surface area contributed by atoms with Crippen LogP contribution in [0.15, 0.2) is 17.9 Å². The summed E-state index contributed by atoms with van der Waals surface area (Å²) in [6.45, 7) is 6.15. The standard InChI is InChI=1S/C6H9N3/c1-3-9(4-2)8-6-5-7/h3,6H,1,4H2,2H3/b8-6+. The highest BCUT2D eigenvalue weighted by Crippen LogP contribution is 1.84. The lowest BCUT2D eigenvalue weighted by Gasteiger charge is -2.06. The first-order chi connectivity index (χ1) is 4.35. The Morgan fingerprint density at radius 1 is 1.89 bits per heavy atom. The van der Waals surface area contributed by atoms with Crippen molar-refractivity contribution in [3.8, 4) is 6.07 Å². The van der Waals surface area contributed by atoms with Crippen molar-refractivity contribution in [2.45, 2.75) is 6.92 Å². The van der Waals surface area contributed by atoms with Gasteiger partial charge in [0.25, 0.3) is 0 Å². The predicted octanol–water partition coefficient (Wildman–Crippen LogP) is 0.961. The number of hydrazone groups is 1. The second-order valence-electron chi connectivity index (χ2n) is 1.31. The molecule has 0 aliphatic rings. The van der Waals surface area contributed by atoms with Gasteiger partial charge in [0.05, 0.1) is 0 Å². The van der Waals surface area contributed by atoms with Crippen LogP contribution in [0.2, 0.25) is 0 Å². The van der Waals surface area contributed by atoms with Gasteiger partial charge in [-0.25, -0.2) is 0 Å². The zero-order valence-corrected chi connectivity index (χ0v) is 5.41. The quantitative estimate of drug-likeness (QED) is 0.414. The van der Waals surface area contributed by atoms with Crippen LogP contribution in [0.3, 0.4) is 0 Å². The molecule has 0 unspecified atom stereocenters. The van der Waals surface area contributed by atoms with E-state index in [0.29, 0.717) is 0 Å². The summed E-state index contributed by atoms with van der Waals surface area (Å²) < 4.78 is 0. The van der Waals surface area contributed by atoms with E-state index >= 15 is 0 Å². The fourth-order valence-corrected chi connectivity index (χ4v) is 0.358. The normalized spacial score (nSPS) is 8.89. The first-order valence-corrected chi connectivity index (χ1v) is 2.66. The third kappa shape index (κ3) is 3.30. The summed E-state index contributed by atoms with van der Waals surface area (Å²) in [5, 5.41) is 13.3. The van der Waals surface area contributed by atoms with Crippen molar-refractivity contribution in [2.75, 3.05) is 6.54 Å². The first kappa shape index (κ1) is 7.70. The average molecular weight is 123 g/mol. The molecule has 0 saturated carbocycles. The fourth-order valence-electron chi connectivity index (χ4n) is 0.358. The Morgan fingerprint density at radius 3 is 2.89 bits per heavy atom. The molecule has 0 bridgehead atoms. The van der Waals surface area contributed by atoms with Gasteiger partial charge in [-0.3, -0.25) is 5.01 Å². The van der Waals surface area contributed by atoms with E-state index in [9.17, 15) is 0 Å². The molecule has 0 atom stereocenters. The molecule has 0 aliphatic carbocycles. The number of nitriles is 1. The minimum atomic E-state index is 0.738. The SMILES string of the molecule is C=CN(CC)/N=C/C#N. The Morgan fingerprint density at radius 2 is 2.56 bits per heavy atom. The second kappa shape index (κ2) is 4.85. The van der Waals surface area contributed by atoms with E-state index < -0.39 is 0 Å². The summed E-state index contributed by atoms with van der Waals surface area (Å²) in [5.41, 5.74) is 0. The van der Waals surface area contributed by atoms with Gasteiger partial charge < -0.3 is 0 Å². The van der Waals surface area contributed by atoms with Crippen LogP contribution in [0.25, 0.3) is 0 Å². The number of hydrogen-bond acceptors (Lipinski definition) is 3. The Bertz CT molecular complexity index is 143. The molecular formula is C6H9N3. The molecular weight excluding hydrogens is 114 g/mol. The number of nitrogens with zero attached hydrogens (tertiary/aromatic N) is 3. The maximum atomic E-state index is 8.05. The third-order valence-corrected chi connectivity index (χ3v) is 0.799. The highest BCUT2D eigenvalue weighted by Gasteiger charge is 1.83. The van der Waals surface area contributed by atoms with Crippen LogP contribution in [0.4, 0.5) is 0 Å². The van der Waals surface area contributed by atoms with E-state index in [2.05, 4.69) is 11.7 Å². The van der Waals surface area contributed by atoms with Gasteiger partial charge in [-0.15, -0.1) is 0 Å². The first-order valence-electron chi connectivity index (χ1n) is 2.66. The molecule has 9 heavy (non-hydrogen) atoms. The summed E-state index contributed by atoms with van der Waals surface area (Å²) in [6.07, 6.45) is 2.74. The summed E-state index contributed by atoms with van der Waals surface area (Å²) in [7, 11) is 0. The molecule has 48 valence electrons. The maximum absolute atomic E-state index is 8.05. The van der Waals surface area contributed by atoms with E-state index in [-0.39, 0.29) is 0 Å². The number of rotatable bonds is 3. The van der Waals surface area contributed by atoms with Crippen molar-refractivity contribution in [1.82, 2.24) is 5.01 Å². The lowest BCUT2D eigenvalue weighted by Crippen LogP contribution is -2.07. The molecule has 0 aromatic rings. The van der Waals surface area contributed by atoms with E-state index in [4.69, 9.17) is 5.26 Å². The topological polar surface area (TPSA) is 39.4 Å². The van der Waals surface area contributed by atoms with Gasteiger partial charge >= 0.3 is 0 Å². The Hall–Kier alpha value is -1.30. The Labute approximate surface area is 54.9 Å². The van der Waals surface area contributed by atoms with Crippen molar-refractivity contribution in [1.29, 1.82) is 5.26 Å². The van der Waals surface area contributed by atoms with Crippen LogP contribution in [-0.2, 0) is 0 Å². The van der Waals surface area contributed by atoms with Crippen LogP contribution in [0.5, 0.6) is 0 Å². The van der Waals surface area contributed by atoms with E-state index in [1.165, 1.54) is 6.21 Å². The summed E-state index contributed by atoms with van der Waals surface area (Å²) >= 11 is 0. The average Bonchev–Trinajstić information content (AvgIpc) is 1.91. The zero-order valence-electron chi connectivity index (χ0n) is 5.41. The van der Waals surface area contributed by atoms with E-state index in [0.717, 1.165) is 6.54 Å². The molecule has 0 heterocycles. The van der Waals surface area contributed by atoms with Gasteiger partial charge in [0, 0.05) is 12.7 Å². The molecule has 0 aliphatic heterocycles. The van der Waals surface area contributed by atoms with Crippen molar-refractivity contribution in [3.63, 3.8) is 0 Å². The van der Waals surface area contributed by atoms with Gasteiger partial charge in [0.2, 0.25) is 0 Å². The van der Waals surface area contributed by atoms with Gasteiger partial charge in [-0.2, -0.15) is 10.4 Å². The van der Waals surface area contributed by atoms with Crippen LogP contribution in [0, 0.1) is 11.3 Å². The molecule has 0 aromatic carbocycles. The largest absolute Gasteiger partial charge is 0.273 e. The van der Waals surface area contributed by atoms with Gasteiger partial charge in [0.1, 0.15) is 12.3 Å². The third-order valence-electron chi connectivity index (χ3n) is 0.799. The van der Waals surface area contributed by atoms with Gasteiger partial charge in [-0.05, 0) is 6.92 Å².